The summed E-state index contributed by atoms with van der Waals surface area (Å²) in [4.78, 5) is 12.1. The molecule has 0 aliphatic carbocycles. The summed E-state index contributed by atoms with van der Waals surface area (Å²) in [5, 5.41) is 0. The van der Waals surface area contributed by atoms with Crippen molar-refractivity contribution in [2.24, 2.45) is 0 Å². The third-order valence-electron chi connectivity index (χ3n) is 1.69. The van der Waals surface area contributed by atoms with Gasteiger partial charge in [0.1, 0.15) is 0 Å². The molecule has 0 rings (SSSR count). The highest BCUT2D eigenvalue weighted by atomic mass is 16.1. The van der Waals surface area contributed by atoms with Gasteiger partial charge in [0, 0.05) is 13.1 Å². The zero-order valence-electron chi connectivity index (χ0n) is 7.60. The molecular formula is C9H18NO. The van der Waals surface area contributed by atoms with Crippen LogP contribution in [0.25, 0.3) is 0 Å². The Hall–Kier alpha value is -0.530. The fourth-order valence-corrected chi connectivity index (χ4v) is 0.901. The van der Waals surface area contributed by atoms with E-state index in [9.17, 15) is 4.79 Å². The van der Waals surface area contributed by atoms with Crippen molar-refractivity contribution < 1.29 is 4.79 Å². The molecule has 0 aromatic rings. The van der Waals surface area contributed by atoms with E-state index in [1.807, 2.05) is 6.41 Å². The lowest BCUT2D eigenvalue weighted by molar-refractivity contribution is 0.366. The van der Waals surface area contributed by atoms with Crippen molar-refractivity contribution in [1.29, 1.82) is 0 Å². The standard InChI is InChI=1S/C9H18NO/c1-3-5-7-10(9-11)8-6-4-2/h3-8H2,1-2H3. The fourth-order valence-electron chi connectivity index (χ4n) is 0.901. The van der Waals surface area contributed by atoms with Crippen LogP contribution in [0.15, 0.2) is 0 Å². The Morgan fingerprint density at radius 1 is 1.09 bits per heavy atom. The smallest absolute Gasteiger partial charge is 0.312 e. The van der Waals surface area contributed by atoms with Crippen molar-refractivity contribution in [1.82, 2.24) is 4.90 Å². The highest BCUT2D eigenvalue weighted by molar-refractivity contribution is 5.47. The summed E-state index contributed by atoms with van der Waals surface area (Å²) in [7, 11) is 0. The molecular weight excluding hydrogens is 138 g/mol. The molecule has 0 saturated heterocycles. The lowest BCUT2D eigenvalue weighted by Gasteiger charge is -2.14. The maximum atomic E-state index is 10.3. The van der Waals surface area contributed by atoms with Crippen LogP contribution in [-0.2, 0) is 4.79 Å². The van der Waals surface area contributed by atoms with Crippen LogP contribution in [0, 0.1) is 0 Å². The zero-order valence-corrected chi connectivity index (χ0v) is 7.60. The van der Waals surface area contributed by atoms with Crippen LogP contribution in [0.4, 0.5) is 0 Å². The molecule has 0 fully saturated rings. The molecule has 1 radical (unpaired) electrons. The molecule has 0 bridgehead atoms. The monoisotopic (exact) mass is 156 g/mol. The van der Waals surface area contributed by atoms with Crippen LogP contribution in [-0.4, -0.2) is 24.4 Å². The molecule has 0 aromatic heterocycles. The summed E-state index contributed by atoms with van der Waals surface area (Å²) >= 11 is 0. The van der Waals surface area contributed by atoms with Gasteiger partial charge in [-0.15, -0.1) is 0 Å². The molecule has 0 N–H and O–H groups in total. The molecule has 1 amide bonds. The minimum Gasteiger partial charge on any atom is -0.334 e. The van der Waals surface area contributed by atoms with E-state index in [1.165, 1.54) is 0 Å². The van der Waals surface area contributed by atoms with Gasteiger partial charge in [0.05, 0.1) is 0 Å². The van der Waals surface area contributed by atoms with Crippen LogP contribution in [0.5, 0.6) is 0 Å². The largest absolute Gasteiger partial charge is 0.334 e. The normalized spacial score (nSPS) is 9.64. The molecule has 0 atom stereocenters. The second-order valence-corrected chi connectivity index (χ2v) is 2.79. The van der Waals surface area contributed by atoms with Crippen LogP contribution in [0.3, 0.4) is 0 Å². The van der Waals surface area contributed by atoms with E-state index in [4.69, 9.17) is 0 Å². The van der Waals surface area contributed by atoms with Crippen molar-refractivity contribution in [2.45, 2.75) is 39.5 Å². The van der Waals surface area contributed by atoms with Gasteiger partial charge in [-0.3, -0.25) is 4.79 Å². The fraction of sp³-hybridized carbons (Fsp3) is 0.889. The summed E-state index contributed by atoms with van der Waals surface area (Å²) in [5.74, 6) is 0. The van der Waals surface area contributed by atoms with Gasteiger partial charge in [-0.1, -0.05) is 26.7 Å². The van der Waals surface area contributed by atoms with Gasteiger partial charge in [0.2, 0.25) is 0 Å². The molecule has 2 nitrogen and oxygen atoms in total. The Morgan fingerprint density at radius 3 is 1.82 bits per heavy atom. The summed E-state index contributed by atoms with van der Waals surface area (Å²) in [5.41, 5.74) is 0. The molecule has 0 heterocycles. The van der Waals surface area contributed by atoms with E-state index in [-0.39, 0.29) is 0 Å². The highest BCUT2D eigenvalue weighted by Gasteiger charge is 1.99. The van der Waals surface area contributed by atoms with Crippen LogP contribution in [0.1, 0.15) is 39.5 Å². The van der Waals surface area contributed by atoms with E-state index < -0.39 is 0 Å². The van der Waals surface area contributed by atoms with Gasteiger partial charge in [-0.2, -0.15) is 0 Å². The summed E-state index contributed by atoms with van der Waals surface area (Å²) in [6.07, 6.45) is 6.43. The first-order valence-electron chi connectivity index (χ1n) is 4.47. The van der Waals surface area contributed by atoms with E-state index >= 15 is 0 Å². The first kappa shape index (κ1) is 10.5. The highest BCUT2D eigenvalue weighted by Crippen LogP contribution is 1.95. The average Bonchev–Trinajstić information content (AvgIpc) is 2.05. The van der Waals surface area contributed by atoms with Gasteiger partial charge in [0.15, 0.2) is 0 Å². The number of rotatable bonds is 7. The molecule has 0 aliphatic rings. The lowest BCUT2D eigenvalue weighted by Crippen LogP contribution is -2.23. The van der Waals surface area contributed by atoms with Crippen molar-refractivity contribution in [2.75, 3.05) is 13.1 Å². The minimum atomic E-state index is 0.875. The third kappa shape index (κ3) is 5.89. The molecule has 2 heteroatoms. The first-order valence-corrected chi connectivity index (χ1v) is 4.47. The zero-order chi connectivity index (χ0) is 8.53. The Morgan fingerprint density at radius 2 is 1.55 bits per heavy atom. The van der Waals surface area contributed by atoms with Gasteiger partial charge >= 0.3 is 6.41 Å². The Bertz CT molecular complexity index is 85.6. The lowest BCUT2D eigenvalue weighted by atomic mass is 10.3. The Kier molecular flexibility index (Phi) is 7.21. The van der Waals surface area contributed by atoms with Gasteiger partial charge in [-0.25, -0.2) is 0 Å². The average molecular weight is 156 g/mol. The number of hydrogen-bond acceptors (Lipinski definition) is 1. The molecule has 0 saturated carbocycles. The topological polar surface area (TPSA) is 20.3 Å². The van der Waals surface area contributed by atoms with Crippen molar-refractivity contribution in [3.05, 3.63) is 0 Å². The number of unbranched alkanes of at least 4 members (excludes halogenated alkanes) is 2. The van der Waals surface area contributed by atoms with Crippen LogP contribution in [0.2, 0.25) is 0 Å². The second-order valence-electron chi connectivity index (χ2n) is 2.79. The number of amides is 1. The van der Waals surface area contributed by atoms with E-state index in [2.05, 4.69) is 13.8 Å². The molecule has 65 valence electrons. The Labute approximate surface area is 69.6 Å². The maximum Gasteiger partial charge on any atom is 0.312 e. The molecule has 0 aromatic carbocycles. The van der Waals surface area contributed by atoms with E-state index in [0.717, 1.165) is 38.8 Å². The Balaban J connectivity index is 3.33. The SMILES string of the molecule is CCCCN([C]=O)CCCC. The number of hydrogen-bond donors (Lipinski definition) is 0. The summed E-state index contributed by atoms with van der Waals surface area (Å²) < 4.78 is 0. The van der Waals surface area contributed by atoms with Crippen molar-refractivity contribution in [3.63, 3.8) is 0 Å². The molecule has 11 heavy (non-hydrogen) atoms. The molecule has 0 aliphatic heterocycles. The van der Waals surface area contributed by atoms with Crippen molar-refractivity contribution in [3.8, 4) is 0 Å². The van der Waals surface area contributed by atoms with Crippen molar-refractivity contribution >= 4 is 6.41 Å². The summed E-state index contributed by atoms with van der Waals surface area (Å²) in [6.45, 7) is 6.01. The number of carbonyl (C=O) groups excluding carboxylic acids is 1. The predicted molar refractivity (Wildman–Crippen MR) is 47.1 cm³/mol. The second kappa shape index (κ2) is 7.58. The van der Waals surface area contributed by atoms with Crippen LogP contribution < -0.4 is 0 Å². The van der Waals surface area contributed by atoms with E-state index in [0.29, 0.717) is 0 Å². The minimum absolute atomic E-state index is 0.875. The van der Waals surface area contributed by atoms with E-state index in [1.54, 1.807) is 4.90 Å². The molecule has 0 spiro atoms. The first-order chi connectivity index (χ1) is 5.35. The van der Waals surface area contributed by atoms with Gasteiger partial charge in [-0.05, 0) is 12.8 Å². The maximum absolute atomic E-state index is 10.3. The summed E-state index contributed by atoms with van der Waals surface area (Å²) in [6, 6.07) is 0. The van der Waals surface area contributed by atoms with Gasteiger partial charge in [0.25, 0.3) is 0 Å². The number of nitrogens with zero attached hydrogens (tertiary/aromatic N) is 1. The van der Waals surface area contributed by atoms with Crippen LogP contribution >= 0.6 is 0 Å². The predicted octanol–water partition coefficient (Wildman–Crippen LogP) is 1.96. The quantitative estimate of drug-likeness (QED) is 0.516. The third-order valence-corrected chi connectivity index (χ3v) is 1.69. The molecule has 0 unspecified atom stereocenters. The van der Waals surface area contributed by atoms with Gasteiger partial charge < -0.3 is 4.90 Å².